The summed E-state index contributed by atoms with van der Waals surface area (Å²) in [5, 5.41) is 7.83. The molecule has 1 aliphatic heterocycles. The van der Waals surface area contributed by atoms with Crippen LogP contribution in [0.4, 0.5) is 5.69 Å². The predicted octanol–water partition coefficient (Wildman–Crippen LogP) is 0.638. The van der Waals surface area contributed by atoms with Crippen LogP contribution < -0.4 is 5.73 Å². The van der Waals surface area contributed by atoms with Gasteiger partial charge in [-0.25, -0.2) is 0 Å². The molecular formula is C9H13N3O. The van der Waals surface area contributed by atoms with Crippen molar-refractivity contribution in [2.45, 2.75) is 12.8 Å². The van der Waals surface area contributed by atoms with Crippen molar-refractivity contribution in [3.63, 3.8) is 0 Å². The van der Waals surface area contributed by atoms with Crippen molar-refractivity contribution >= 4 is 5.69 Å². The Hall–Kier alpha value is -1.16. The van der Waals surface area contributed by atoms with Crippen molar-refractivity contribution < 1.29 is 4.74 Å². The van der Waals surface area contributed by atoms with E-state index in [-0.39, 0.29) is 0 Å². The standard InChI is InChI=1S/C9H13N3O/c10-8-4-9(12-11-5-8)3-7-1-2-13-6-7/h4-5,7H,1-3,6H2,(H2,10,12). The molecule has 2 rings (SSSR count). The van der Waals surface area contributed by atoms with Gasteiger partial charge in [0.15, 0.2) is 0 Å². The number of rotatable bonds is 2. The highest BCUT2D eigenvalue weighted by Gasteiger charge is 2.16. The fourth-order valence-electron chi connectivity index (χ4n) is 1.57. The van der Waals surface area contributed by atoms with E-state index in [9.17, 15) is 0 Å². The molecule has 13 heavy (non-hydrogen) atoms. The third-order valence-electron chi connectivity index (χ3n) is 2.25. The number of nitrogen functional groups attached to an aromatic ring is 1. The Kier molecular flexibility index (Phi) is 2.40. The van der Waals surface area contributed by atoms with Gasteiger partial charge in [0.2, 0.25) is 0 Å². The number of nitrogens with zero attached hydrogens (tertiary/aromatic N) is 2. The molecule has 0 saturated carbocycles. The zero-order valence-electron chi connectivity index (χ0n) is 7.44. The summed E-state index contributed by atoms with van der Waals surface area (Å²) in [7, 11) is 0. The van der Waals surface area contributed by atoms with Crippen LogP contribution in [0.3, 0.4) is 0 Å². The van der Waals surface area contributed by atoms with Crippen LogP contribution in [-0.2, 0) is 11.2 Å². The Balaban J connectivity index is 2.00. The Morgan fingerprint density at radius 2 is 2.54 bits per heavy atom. The summed E-state index contributed by atoms with van der Waals surface area (Å²) < 4.78 is 5.28. The van der Waals surface area contributed by atoms with Crippen molar-refractivity contribution in [1.82, 2.24) is 10.2 Å². The topological polar surface area (TPSA) is 61.0 Å². The van der Waals surface area contributed by atoms with E-state index in [2.05, 4.69) is 10.2 Å². The first kappa shape index (κ1) is 8.44. The average Bonchev–Trinajstić information content (AvgIpc) is 2.57. The molecule has 4 nitrogen and oxygen atoms in total. The van der Waals surface area contributed by atoms with Crippen LogP contribution >= 0.6 is 0 Å². The van der Waals surface area contributed by atoms with Gasteiger partial charge in [0, 0.05) is 13.2 Å². The SMILES string of the molecule is Nc1cnnc(CC2CCOC2)c1. The van der Waals surface area contributed by atoms with Crippen molar-refractivity contribution in [2.24, 2.45) is 5.92 Å². The molecule has 0 aliphatic carbocycles. The summed E-state index contributed by atoms with van der Waals surface area (Å²) >= 11 is 0. The minimum atomic E-state index is 0.594. The molecule has 1 fully saturated rings. The Morgan fingerprint density at radius 1 is 1.62 bits per heavy atom. The van der Waals surface area contributed by atoms with Crippen LogP contribution in [-0.4, -0.2) is 23.4 Å². The molecule has 1 aromatic rings. The van der Waals surface area contributed by atoms with Crippen LogP contribution in [0.5, 0.6) is 0 Å². The molecular weight excluding hydrogens is 166 g/mol. The third-order valence-corrected chi connectivity index (χ3v) is 2.25. The first-order valence-electron chi connectivity index (χ1n) is 4.49. The van der Waals surface area contributed by atoms with Gasteiger partial charge in [0.1, 0.15) is 0 Å². The van der Waals surface area contributed by atoms with Gasteiger partial charge in [-0.05, 0) is 24.8 Å². The second kappa shape index (κ2) is 3.70. The van der Waals surface area contributed by atoms with Crippen LogP contribution in [0.15, 0.2) is 12.3 Å². The Labute approximate surface area is 77.1 Å². The Bertz CT molecular complexity index is 284. The number of aromatic nitrogens is 2. The van der Waals surface area contributed by atoms with Gasteiger partial charge < -0.3 is 10.5 Å². The van der Waals surface area contributed by atoms with Gasteiger partial charge >= 0.3 is 0 Å². The van der Waals surface area contributed by atoms with Crippen LogP contribution in [0.25, 0.3) is 0 Å². The first-order valence-corrected chi connectivity index (χ1v) is 4.49. The van der Waals surface area contributed by atoms with E-state index >= 15 is 0 Å². The zero-order valence-corrected chi connectivity index (χ0v) is 7.44. The molecule has 0 bridgehead atoms. The van der Waals surface area contributed by atoms with Crippen molar-refractivity contribution in [1.29, 1.82) is 0 Å². The number of ether oxygens (including phenoxy) is 1. The highest BCUT2D eigenvalue weighted by molar-refractivity contribution is 5.34. The van der Waals surface area contributed by atoms with Gasteiger partial charge in [0.05, 0.1) is 17.6 Å². The van der Waals surface area contributed by atoms with E-state index in [1.165, 1.54) is 0 Å². The number of nitrogens with two attached hydrogens (primary N) is 1. The maximum absolute atomic E-state index is 5.60. The highest BCUT2D eigenvalue weighted by atomic mass is 16.5. The fourth-order valence-corrected chi connectivity index (χ4v) is 1.57. The highest BCUT2D eigenvalue weighted by Crippen LogP contribution is 2.17. The summed E-state index contributed by atoms with van der Waals surface area (Å²) in [6.45, 7) is 1.72. The van der Waals surface area contributed by atoms with Gasteiger partial charge in [-0.15, -0.1) is 0 Å². The lowest BCUT2D eigenvalue weighted by molar-refractivity contribution is 0.185. The largest absolute Gasteiger partial charge is 0.397 e. The second-order valence-electron chi connectivity index (χ2n) is 3.41. The lowest BCUT2D eigenvalue weighted by Crippen LogP contribution is -2.06. The molecule has 2 heterocycles. The maximum Gasteiger partial charge on any atom is 0.0726 e. The number of anilines is 1. The monoisotopic (exact) mass is 179 g/mol. The summed E-state index contributed by atoms with van der Waals surface area (Å²) in [4.78, 5) is 0. The summed E-state index contributed by atoms with van der Waals surface area (Å²) in [5.74, 6) is 0.594. The van der Waals surface area contributed by atoms with E-state index in [4.69, 9.17) is 10.5 Å². The van der Waals surface area contributed by atoms with Crippen LogP contribution in [0.2, 0.25) is 0 Å². The molecule has 4 heteroatoms. The van der Waals surface area contributed by atoms with Crippen LogP contribution in [0, 0.1) is 5.92 Å². The van der Waals surface area contributed by atoms with Gasteiger partial charge in [-0.3, -0.25) is 0 Å². The quantitative estimate of drug-likeness (QED) is 0.723. The van der Waals surface area contributed by atoms with Crippen molar-refractivity contribution in [3.8, 4) is 0 Å². The lowest BCUT2D eigenvalue weighted by Gasteiger charge is -2.05. The molecule has 1 atom stereocenters. The smallest absolute Gasteiger partial charge is 0.0726 e. The number of hydrogen-bond donors (Lipinski definition) is 1. The molecule has 1 aromatic heterocycles. The van der Waals surface area contributed by atoms with Gasteiger partial charge in [0.25, 0.3) is 0 Å². The minimum Gasteiger partial charge on any atom is -0.397 e. The van der Waals surface area contributed by atoms with E-state index in [1.807, 2.05) is 6.07 Å². The van der Waals surface area contributed by atoms with Gasteiger partial charge in [-0.1, -0.05) is 0 Å². The third kappa shape index (κ3) is 2.15. The fraction of sp³-hybridized carbons (Fsp3) is 0.556. The molecule has 1 aliphatic rings. The predicted molar refractivity (Wildman–Crippen MR) is 49.1 cm³/mol. The number of hydrogen-bond acceptors (Lipinski definition) is 4. The van der Waals surface area contributed by atoms with Crippen molar-refractivity contribution in [3.05, 3.63) is 18.0 Å². The molecule has 1 saturated heterocycles. The zero-order chi connectivity index (χ0) is 9.10. The molecule has 0 aromatic carbocycles. The summed E-state index contributed by atoms with van der Waals surface area (Å²) in [5.41, 5.74) is 7.25. The molecule has 70 valence electrons. The first-order chi connectivity index (χ1) is 6.34. The maximum atomic E-state index is 5.60. The molecule has 0 amide bonds. The van der Waals surface area contributed by atoms with Gasteiger partial charge in [-0.2, -0.15) is 10.2 Å². The molecule has 2 N–H and O–H groups in total. The normalized spacial score (nSPS) is 22.0. The summed E-state index contributed by atoms with van der Waals surface area (Å²) in [6.07, 6.45) is 3.61. The Morgan fingerprint density at radius 3 is 3.23 bits per heavy atom. The minimum absolute atomic E-state index is 0.594. The van der Waals surface area contributed by atoms with E-state index in [0.717, 1.165) is 31.7 Å². The lowest BCUT2D eigenvalue weighted by atomic mass is 10.0. The van der Waals surface area contributed by atoms with Crippen LogP contribution in [0.1, 0.15) is 12.1 Å². The van der Waals surface area contributed by atoms with E-state index in [1.54, 1.807) is 6.20 Å². The molecule has 1 unspecified atom stereocenters. The molecule has 0 radical (unpaired) electrons. The second-order valence-corrected chi connectivity index (χ2v) is 3.41. The summed E-state index contributed by atoms with van der Waals surface area (Å²) in [6, 6.07) is 1.88. The average molecular weight is 179 g/mol. The molecule has 0 spiro atoms. The van der Waals surface area contributed by atoms with E-state index < -0.39 is 0 Å². The van der Waals surface area contributed by atoms with Crippen molar-refractivity contribution in [2.75, 3.05) is 18.9 Å². The van der Waals surface area contributed by atoms with E-state index in [0.29, 0.717) is 11.6 Å².